The second-order valence-electron chi connectivity index (χ2n) is 4.62. The number of rotatable bonds is 4. The second kappa shape index (κ2) is 6.44. The fourth-order valence-electron chi connectivity index (χ4n) is 2.15. The average molecular weight is 343 g/mol. The molecule has 106 valence electrons. The zero-order chi connectivity index (χ0) is 14.6. The highest BCUT2D eigenvalue weighted by molar-refractivity contribution is 9.09. The minimum Gasteiger partial charge on any atom is -0.170 e. The van der Waals surface area contributed by atoms with Crippen molar-refractivity contribution in [1.82, 2.24) is 0 Å². The van der Waals surface area contributed by atoms with Gasteiger partial charge >= 0.3 is 6.18 Å². The summed E-state index contributed by atoms with van der Waals surface area (Å²) in [5.74, 6) is -1.46. The molecule has 0 bridgehead atoms. The van der Waals surface area contributed by atoms with Crippen LogP contribution in [0.2, 0.25) is 0 Å². The second-order valence-corrected chi connectivity index (χ2v) is 5.72. The molecule has 2 aromatic rings. The van der Waals surface area contributed by atoms with Crippen LogP contribution in [0.5, 0.6) is 0 Å². The highest BCUT2D eigenvalue weighted by Gasteiger charge is 2.41. The van der Waals surface area contributed by atoms with Crippen LogP contribution in [0.4, 0.5) is 13.2 Å². The molecule has 0 nitrogen and oxygen atoms in total. The van der Waals surface area contributed by atoms with Crippen molar-refractivity contribution in [3.05, 3.63) is 71.8 Å². The lowest BCUT2D eigenvalue weighted by Gasteiger charge is -2.23. The molecule has 0 spiro atoms. The van der Waals surface area contributed by atoms with Crippen molar-refractivity contribution >= 4 is 15.9 Å². The van der Waals surface area contributed by atoms with Gasteiger partial charge < -0.3 is 0 Å². The molecule has 0 aromatic heterocycles. The molecule has 0 radical (unpaired) electrons. The molecule has 0 saturated heterocycles. The SMILES string of the molecule is FC(F)(F)[C@@H](C[C@H](Br)c1ccccc1)c1ccccc1. The standard InChI is InChI=1S/C16H14BrF3/c17-15(13-9-5-2-6-10-13)11-14(16(18,19)20)12-7-3-1-4-8-12/h1-10,14-15H,11H2/t14-,15-/m0/s1. The minimum atomic E-state index is -4.25. The molecule has 20 heavy (non-hydrogen) atoms. The predicted octanol–water partition coefficient (Wildman–Crippen LogP) is 5.86. The zero-order valence-electron chi connectivity index (χ0n) is 10.6. The Bertz CT molecular complexity index is 522. The number of hydrogen-bond acceptors (Lipinski definition) is 0. The van der Waals surface area contributed by atoms with Crippen LogP contribution in [0.25, 0.3) is 0 Å². The molecule has 2 atom stereocenters. The lowest BCUT2D eigenvalue weighted by Crippen LogP contribution is -2.22. The first-order chi connectivity index (χ1) is 9.48. The Morgan fingerprint density at radius 3 is 1.70 bits per heavy atom. The van der Waals surface area contributed by atoms with Gasteiger partial charge in [0.15, 0.2) is 0 Å². The van der Waals surface area contributed by atoms with E-state index in [1.165, 1.54) is 12.1 Å². The Morgan fingerprint density at radius 1 is 0.800 bits per heavy atom. The Labute approximate surface area is 124 Å². The number of alkyl halides is 4. The smallest absolute Gasteiger partial charge is 0.170 e. The summed E-state index contributed by atoms with van der Waals surface area (Å²) in [6, 6.07) is 17.2. The van der Waals surface area contributed by atoms with E-state index < -0.39 is 12.1 Å². The molecular formula is C16H14BrF3. The van der Waals surface area contributed by atoms with Crippen LogP contribution >= 0.6 is 15.9 Å². The van der Waals surface area contributed by atoms with Crippen molar-refractivity contribution in [3.8, 4) is 0 Å². The fraction of sp³-hybridized carbons (Fsp3) is 0.250. The third-order valence-electron chi connectivity index (χ3n) is 3.20. The molecule has 4 heteroatoms. The van der Waals surface area contributed by atoms with Crippen molar-refractivity contribution in [2.45, 2.75) is 23.3 Å². The van der Waals surface area contributed by atoms with E-state index in [1.54, 1.807) is 18.2 Å². The van der Waals surface area contributed by atoms with Crippen LogP contribution < -0.4 is 0 Å². The molecule has 0 aliphatic heterocycles. The predicted molar refractivity (Wildman–Crippen MR) is 78.0 cm³/mol. The summed E-state index contributed by atoms with van der Waals surface area (Å²) in [7, 11) is 0. The van der Waals surface area contributed by atoms with Gasteiger partial charge in [-0.15, -0.1) is 0 Å². The maximum absolute atomic E-state index is 13.3. The molecule has 0 fully saturated rings. The largest absolute Gasteiger partial charge is 0.395 e. The molecular weight excluding hydrogens is 329 g/mol. The molecule has 0 amide bonds. The first kappa shape index (κ1) is 15.1. The number of hydrogen-bond donors (Lipinski definition) is 0. The van der Waals surface area contributed by atoms with Gasteiger partial charge in [0.1, 0.15) is 0 Å². The van der Waals surface area contributed by atoms with Crippen LogP contribution in [-0.2, 0) is 0 Å². The Hall–Kier alpha value is -1.29. The van der Waals surface area contributed by atoms with Crippen LogP contribution in [0.15, 0.2) is 60.7 Å². The highest BCUT2D eigenvalue weighted by atomic mass is 79.9. The van der Waals surface area contributed by atoms with Gasteiger partial charge in [0.25, 0.3) is 0 Å². The third kappa shape index (κ3) is 3.85. The quantitative estimate of drug-likeness (QED) is 0.610. The molecule has 0 aliphatic carbocycles. The third-order valence-corrected chi connectivity index (χ3v) is 4.10. The molecule has 0 saturated carbocycles. The molecule has 2 aromatic carbocycles. The van der Waals surface area contributed by atoms with E-state index in [1.807, 2.05) is 30.3 Å². The topological polar surface area (TPSA) is 0 Å². The van der Waals surface area contributed by atoms with E-state index in [4.69, 9.17) is 0 Å². The maximum Gasteiger partial charge on any atom is 0.395 e. The number of benzene rings is 2. The van der Waals surface area contributed by atoms with Gasteiger partial charge in [-0.1, -0.05) is 76.6 Å². The van der Waals surface area contributed by atoms with Crippen molar-refractivity contribution in [1.29, 1.82) is 0 Å². The van der Waals surface area contributed by atoms with E-state index in [9.17, 15) is 13.2 Å². The van der Waals surface area contributed by atoms with E-state index >= 15 is 0 Å². The van der Waals surface area contributed by atoms with Crippen LogP contribution in [0, 0.1) is 0 Å². The molecule has 0 unspecified atom stereocenters. The van der Waals surface area contributed by atoms with E-state index in [0.717, 1.165) is 5.56 Å². The summed E-state index contributed by atoms with van der Waals surface area (Å²) >= 11 is 3.38. The summed E-state index contributed by atoms with van der Waals surface area (Å²) in [6.45, 7) is 0. The Balaban J connectivity index is 2.22. The van der Waals surface area contributed by atoms with E-state index in [2.05, 4.69) is 15.9 Å². The summed E-state index contributed by atoms with van der Waals surface area (Å²) in [5.41, 5.74) is 1.16. The average Bonchev–Trinajstić information content (AvgIpc) is 2.45. The summed E-state index contributed by atoms with van der Waals surface area (Å²) < 4.78 is 39.8. The van der Waals surface area contributed by atoms with Gasteiger partial charge in [-0.05, 0) is 17.5 Å². The van der Waals surface area contributed by atoms with Crippen molar-refractivity contribution in [2.24, 2.45) is 0 Å². The molecule has 0 heterocycles. The van der Waals surface area contributed by atoms with Crippen molar-refractivity contribution in [2.75, 3.05) is 0 Å². The van der Waals surface area contributed by atoms with Gasteiger partial charge in [0, 0.05) is 4.83 Å². The zero-order valence-corrected chi connectivity index (χ0v) is 12.2. The Kier molecular flexibility index (Phi) is 4.86. The van der Waals surface area contributed by atoms with Gasteiger partial charge in [0.2, 0.25) is 0 Å². The molecule has 0 N–H and O–H groups in total. The first-order valence-corrected chi connectivity index (χ1v) is 7.20. The van der Waals surface area contributed by atoms with Crippen LogP contribution in [0.3, 0.4) is 0 Å². The lowest BCUT2D eigenvalue weighted by molar-refractivity contribution is -0.151. The molecule has 2 rings (SSSR count). The maximum atomic E-state index is 13.3. The van der Waals surface area contributed by atoms with E-state index in [0.29, 0.717) is 5.56 Å². The number of halogens is 4. The normalized spacial score (nSPS) is 14.8. The lowest BCUT2D eigenvalue weighted by atomic mass is 9.92. The first-order valence-electron chi connectivity index (χ1n) is 6.29. The molecule has 0 aliphatic rings. The van der Waals surface area contributed by atoms with Crippen LogP contribution in [0.1, 0.15) is 28.3 Å². The van der Waals surface area contributed by atoms with Crippen molar-refractivity contribution < 1.29 is 13.2 Å². The fourth-order valence-corrected chi connectivity index (χ4v) is 2.83. The van der Waals surface area contributed by atoms with Gasteiger partial charge in [0.05, 0.1) is 5.92 Å². The minimum absolute atomic E-state index is 0.0163. The Morgan fingerprint density at radius 2 is 1.25 bits per heavy atom. The van der Waals surface area contributed by atoms with Crippen molar-refractivity contribution in [3.63, 3.8) is 0 Å². The summed E-state index contributed by atoms with van der Waals surface area (Å²) in [6.07, 6.45) is -4.26. The highest BCUT2D eigenvalue weighted by Crippen LogP contribution is 2.43. The van der Waals surface area contributed by atoms with Gasteiger partial charge in [-0.25, -0.2) is 0 Å². The van der Waals surface area contributed by atoms with Gasteiger partial charge in [-0.3, -0.25) is 0 Å². The monoisotopic (exact) mass is 342 g/mol. The van der Waals surface area contributed by atoms with E-state index in [-0.39, 0.29) is 11.2 Å². The summed E-state index contributed by atoms with van der Waals surface area (Å²) in [4.78, 5) is -0.324. The summed E-state index contributed by atoms with van der Waals surface area (Å²) in [5, 5.41) is 0. The van der Waals surface area contributed by atoms with Crippen LogP contribution in [-0.4, -0.2) is 6.18 Å². The van der Waals surface area contributed by atoms with Gasteiger partial charge in [-0.2, -0.15) is 13.2 Å².